The van der Waals surface area contributed by atoms with Crippen LogP contribution >= 0.6 is 0 Å². The fraction of sp³-hybridized carbons (Fsp3) is 0.600. The van der Waals surface area contributed by atoms with Crippen molar-refractivity contribution in [1.82, 2.24) is 15.6 Å². The van der Waals surface area contributed by atoms with E-state index in [1.807, 2.05) is 25.1 Å². The molecule has 2 N–H and O–H groups in total. The normalized spacial score (nSPS) is 24.4. The maximum Gasteiger partial charge on any atom is 0.228 e. The van der Waals surface area contributed by atoms with E-state index >= 15 is 0 Å². The minimum Gasteiger partial charge on any atom is -0.347 e. The molecule has 104 valence electrons. The van der Waals surface area contributed by atoms with Crippen LogP contribution < -0.4 is 10.6 Å². The molecule has 2 heterocycles. The maximum absolute atomic E-state index is 12.6. The molecule has 2 rings (SSSR count). The van der Waals surface area contributed by atoms with Gasteiger partial charge >= 0.3 is 0 Å². The van der Waals surface area contributed by atoms with Gasteiger partial charge in [-0.1, -0.05) is 19.9 Å². The Morgan fingerprint density at radius 3 is 2.74 bits per heavy atom. The van der Waals surface area contributed by atoms with Gasteiger partial charge in [0.05, 0.1) is 17.2 Å². The molecule has 0 radical (unpaired) electrons. The predicted octanol–water partition coefficient (Wildman–Crippen LogP) is 1.89. The Bertz CT molecular complexity index is 424. The van der Waals surface area contributed by atoms with Crippen molar-refractivity contribution in [2.24, 2.45) is 11.3 Å². The average Bonchev–Trinajstić information content (AvgIpc) is 2.90. The van der Waals surface area contributed by atoms with Crippen LogP contribution in [0.4, 0.5) is 0 Å². The van der Waals surface area contributed by atoms with Gasteiger partial charge in [0.2, 0.25) is 5.91 Å². The molecule has 1 amide bonds. The molecule has 4 nitrogen and oxygen atoms in total. The van der Waals surface area contributed by atoms with Crippen LogP contribution in [0.15, 0.2) is 24.4 Å². The van der Waals surface area contributed by atoms with E-state index in [0.717, 1.165) is 25.2 Å². The monoisotopic (exact) mass is 261 g/mol. The largest absolute Gasteiger partial charge is 0.347 e. The molecule has 2 atom stereocenters. The predicted molar refractivity (Wildman–Crippen MR) is 75.6 cm³/mol. The van der Waals surface area contributed by atoms with E-state index in [1.165, 1.54) is 0 Å². The molecular formula is C15H23N3O. The number of pyridine rings is 1. The first-order valence-electron chi connectivity index (χ1n) is 6.99. The Kier molecular flexibility index (Phi) is 4.20. The third kappa shape index (κ3) is 2.78. The molecule has 0 aromatic carbocycles. The number of hydrogen-bond acceptors (Lipinski definition) is 3. The van der Waals surface area contributed by atoms with Crippen molar-refractivity contribution in [3.8, 4) is 0 Å². The maximum atomic E-state index is 12.6. The smallest absolute Gasteiger partial charge is 0.228 e. The van der Waals surface area contributed by atoms with Gasteiger partial charge in [-0.15, -0.1) is 0 Å². The highest BCUT2D eigenvalue weighted by Crippen LogP contribution is 2.34. The lowest BCUT2D eigenvalue weighted by Gasteiger charge is -2.32. The number of nitrogens with zero attached hydrogens (tertiary/aromatic N) is 1. The molecule has 1 saturated heterocycles. The van der Waals surface area contributed by atoms with Gasteiger partial charge in [-0.25, -0.2) is 0 Å². The number of carbonyl (C=O) groups is 1. The number of rotatable bonds is 4. The molecular weight excluding hydrogens is 238 g/mol. The van der Waals surface area contributed by atoms with Gasteiger partial charge in [-0.3, -0.25) is 9.78 Å². The molecule has 2 unspecified atom stereocenters. The summed E-state index contributed by atoms with van der Waals surface area (Å²) in [5.41, 5.74) is 0.629. The summed E-state index contributed by atoms with van der Waals surface area (Å²) < 4.78 is 0. The Labute approximate surface area is 115 Å². The first kappa shape index (κ1) is 14.0. The highest BCUT2D eigenvalue weighted by molar-refractivity contribution is 5.84. The summed E-state index contributed by atoms with van der Waals surface area (Å²) in [6, 6.07) is 5.72. The van der Waals surface area contributed by atoms with Crippen molar-refractivity contribution < 1.29 is 4.79 Å². The quantitative estimate of drug-likeness (QED) is 0.870. The Morgan fingerprint density at radius 2 is 2.21 bits per heavy atom. The highest BCUT2D eigenvalue weighted by Gasteiger charge is 2.44. The van der Waals surface area contributed by atoms with Crippen LogP contribution in [0.1, 0.15) is 38.9 Å². The van der Waals surface area contributed by atoms with Crippen molar-refractivity contribution in [2.75, 3.05) is 13.1 Å². The number of hydrogen-bond donors (Lipinski definition) is 2. The van der Waals surface area contributed by atoms with Crippen molar-refractivity contribution in [2.45, 2.75) is 33.2 Å². The summed E-state index contributed by atoms with van der Waals surface area (Å²) in [6.07, 6.45) is 2.67. The zero-order valence-electron chi connectivity index (χ0n) is 11.9. The lowest BCUT2D eigenvalue weighted by molar-refractivity contribution is -0.133. The van der Waals surface area contributed by atoms with Gasteiger partial charge in [-0.05, 0) is 37.9 Å². The molecule has 1 aliphatic heterocycles. The molecule has 1 aliphatic rings. The van der Waals surface area contributed by atoms with Gasteiger partial charge < -0.3 is 10.6 Å². The summed E-state index contributed by atoms with van der Waals surface area (Å²) in [7, 11) is 0. The molecule has 1 aromatic heterocycles. The summed E-state index contributed by atoms with van der Waals surface area (Å²) in [5.74, 6) is 0.476. The average molecular weight is 261 g/mol. The molecule has 0 aliphatic carbocycles. The summed E-state index contributed by atoms with van der Waals surface area (Å²) in [5, 5.41) is 6.43. The zero-order valence-corrected chi connectivity index (χ0v) is 11.9. The first-order valence-corrected chi connectivity index (χ1v) is 6.99. The van der Waals surface area contributed by atoms with Crippen molar-refractivity contribution >= 4 is 5.91 Å². The number of aromatic nitrogens is 1. The van der Waals surface area contributed by atoms with Crippen LogP contribution in [0.25, 0.3) is 0 Å². The summed E-state index contributed by atoms with van der Waals surface area (Å²) in [4.78, 5) is 16.9. The lowest BCUT2D eigenvalue weighted by Crippen LogP contribution is -2.46. The van der Waals surface area contributed by atoms with Crippen LogP contribution in [0.2, 0.25) is 0 Å². The summed E-state index contributed by atoms with van der Waals surface area (Å²) >= 11 is 0. The zero-order chi connectivity index (χ0) is 13.9. The highest BCUT2D eigenvalue weighted by atomic mass is 16.2. The minimum atomic E-state index is -0.275. The minimum absolute atomic E-state index is 0.0510. The fourth-order valence-electron chi connectivity index (χ4n) is 2.71. The number of carbonyl (C=O) groups excluding carboxylic acids is 1. The van der Waals surface area contributed by atoms with Crippen LogP contribution in [-0.4, -0.2) is 24.0 Å². The van der Waals surface area contributed by atoms with Crippen molar-refractivity contribution in [3.63, 3.8) is 0 Å². The fourth-order valence-corrected chi connectivity index (χ4v) is 2.71. The van der Waals surface area contributed by atoms with Gasteiger partial charge in [0.25, 0.3) is 0 Å². The molecule has 4 heteroatoms. The molecule has 1 aromatic rings. The first-order chi connectivity index (χ1) is 9.06. The van der Waals surface area contributed by atoms with Crippen LogP contribution in [-0.2, 0) is 4.79 Å². The Morgan fingerprint density at radius 1 is 1.42 bits per heavy atom. The van der Waals surface area contributed by atoms with E-state index < -0.39 is 0 Å². The van der Waals surface area contributed by atoms with E-state index in [9.17, 15) is 4.79 Å². The standard InChI is InChI=1S/C15H23N3O/c1-11(2)15(7-9-16-10-15)14(19)18-12(3)13-6-4-5-8-17-13/h4-6,8,11-12,16H,7,9-10H2,1-3H3,(H,18,19). The van der Waals surface area contributed by atoms with E-state index in [4.69, 9.17) is 0 Å². The molecule has 0 spiro atoms. The van der Waals surface area contributed by atoms with Gasteiger partial charge in [0.1, 0.15) is 0 Å². The number of nitrogens with one attached hydrogen (secondary N) is 2. The second kappa shape index (κ2) is 5.70. The third-order valence-corrected chi connectivity index (χ3v) is 4.22. The van der Waals surface area contributed by atoms with E-state index in [0.29, 0.717) is 5.92 Å². The third-order valence-electron chi connectivity index (χ3n) is 4.22. The van der Waals surface area contributed by atoms with Gasteiger partial charge in [-0.2, -0.15) is 0 Å². The second-order valence-electron chi connectivity index (χ2n) is 5.69. The topological polar surface area (TPSA) is 54.0 Å². The van der Waals surface area contributed by atoms with Crippen molar-refractivity contribution in [1.29, 1.82) is 0 Å². The Hall–Kier alpha value is -1.42. The molecule has 19 heavy (non-hydrogen) atoms. The number of amides is 1. The van der Waals surface area contributed by atoms with E-state index in [2.05, 4.69) is 29.5 Å². The lowest BCUT2D eigenvalue weighted by atomic mass is 9.75. The van der Waals surface area contributed by atoms with Crippen LogP contribution in [0.5, 0.6) is 0 Å². The molecule has 1 fully saturated rings. The Balaban J connectivity index is 2.08. The van der Waals surface area contributed by atoms with Crippen LogP contribution in [0, 0.1) is 11.3 Å². The van der Waals surface area contributed by atoms with Gasteiger partial charge in [0, 0.05) is 12.7 Å². The van der Waals surface area contributed by atoms with E-state index in [1.54, 1.807) is 6.20 Å². The SMILES string of the molecule is CC(NC(=O)C1(C(C)C)CCNC1)c1ccccn1. The molecule has 0 bridgehead atoms. The van der Waals surface area contributed by atoms with Crippen molar-refractivity contribution in [3.05, 3.63) is 30.1 Å². The molecule has 0 saturated carbocycles. The second-order valence-corrected chi connectivity index (χ2v) is 5.69. The van der Waals surface area contributed by atoms with Crippen LogP contribution in [0.3, 0.4) is 0 Å². The summed E-state index contributed by atoms with van der Waals surface area (Å²) in [6.45, 7) is 7.92. The van der Waals surface area contributed by atoms with Gasteiger partial charge in [0.15, 0.2) is 0 Å². The van der Waals surface area contributed by atoms with E-state index in [-0.39, 0.29) is 17.4 Å².